The number of benzene rings is 2. The van der Waals surface area contributed by atoms with Crippen LogP contribution in [0.25, 0.3) is 0 Å². The number of anilines is 1. The van der Waals surface area contributed by atoms with Gasteiger partial charge < -0.3 is 61.7 Å². The number of likely N-dealkylation sites (N-methyl/N-ethyl adjacent to an activating group) is 2. The molecule has 4 rings (SSSR count). The Morgan fingerprint density at radius 3 is 2.07 bits per heavy atom. The summed E-state index contributed by atoms with van der Waals surface area (Å²) >= 11 is 11.7. The minimum atomic E-state index is -0.950. The highest BCUT2D eigenvalue weighted by Crippen LogP contribution is 2.42. The topological polar surface area (TPSA) is 283 Å². The summed E-state index contributed by atoms with van der Waals surface area (Å²) in [6, 6.07) is 13.4. The zero-order valence-electron chi connectivity index (χ0n) is 51.7. The van der Waals surface area contributed by atoms with Gasteiger partial charge >= 0.3 is 6.09 Å². The molecule has 7 amide bonds. The van der Waals surface area contributed by atoms with E-state index in [0.29, 0.717) is 35.6 Å². The van der Waals surface area contributed by atoms with Crippen molar-refractivity contribution in [2.45, 2.75) is 162 Å². The molecular formula is C62H97Cl2N11O10. The molecular weight excluding hydrogens is 1130 g/mol. The summed E-state index contributed by atoms with van der Waals surface area (Å²) in [5.41, 5.74) is 9.20. The first-order valence-corrected chi connectivity index (χ1v) is 31.0. The summed E-state index contributed by atoms with van der Waals surface area (Å²) in [6.07, 6.45) is 4.41. The average molecular weight is 1230 g/mol. The maximum atomic E-state index is 14.7. The number of amides is 7. The van der Waals surface area contributed by atoms with E-state index in [4.69, 9.17) is 44.3 Å². The Kier molecular flexibility index (Phi) is 29.8. The van der Waals surface area contributed by atoms with Crippen LogP contribution in [0.2, 0.25) is 0 Å². The van der Waals surface area contributed by atoms with E-state index in [-0.39, 0.29) is 129 Å². The van der Waals surface area contributed by atoms with E-state index in [9.17, 15) is 38.7 Å². The number of halogens is 2. The third-order valence-corrected chi connectivity index (χ3v) is 17.5. The van der Waals surface area contributed by atoms with Crippen LogP contribution in [0, 0.1) is 29.6 Å². The second kappa shape index (κ2) is 35.5. The molecule has 2 fully saturated rings. The first-order valence-electron chi connectivity index (χ1n) is 29.9. The lowest BCUT2D eigenvalue weighted by molar-refractivity contribution is -0.142. The summed E-state index contributed by atoms with van der Waals surface area (Å²) in [4.78, 5) is 99.5. The maximum absolute atomic E-state index is 14.7. The summed E-state index contributed by atoms with van der Waals surface area (Å²) in [5, 5.41) is 26.6. The van der Waals surface area contributed by atoms with Crippen LogP contribution in [0.15, 0.2) is 78.3 Å². The molecule has 1 aliphatic carbocycles. The second-order valence-corrected chi connectivity index (χ2v) is 23.7. The number of nitrogens with two attached hydrogens (primary N) is 2. The lowest BCUT2D eigenvalue weighted by Gasteiger charge is -2.45. The van der Waals surface area contributed by atoms with Gasteiger partial charge in [0.1, 0.15) is 18.7 Å². The molecule has 0 bridgehead atoms. The predicted molar refractivity (Wildman–Crippen MR) is 332 cm³/mol. The first-order chi connectivity index (χ1) is 40.4. The summed E-state index contributed by atoms with van der Waals surface area (Å²) in [7, 11) is 4.88. The number of nitrogens with one attached hydrogen (secondary N) is 5. The van der Waals surface area contributed by atoms with Crippen molar-refractivity contribution in [1.82, 2.24) is 41.0 Å². The highest BCUT2D eigenvalue weighted by Gasteiger charge is 2.44. The number of hydrazine groups is 1. The Labute approximate surface area is 514 Å². The third kappa shape index (κ3) is 20.8. The van der Waals surface area contributed by atoms with Crippen LogP contribution < -0.4 is 38.2 Å². The van der Waals surface area contributed by atoms with E-state index in [1.807, 2.05) is 49.1 Å². The number of carbonyl (C=O) groups is 7. The van der Waals surface area contributed by atoms with Crippen LogP contribution >= 0.6 is 23.2 Å². The van der Waals surface area contributed by atoms with Gasteiger partial charge in [-0.25, -0.2) is 10.6 Å². The van der Waals surface area contributed by atoms with Crippen LogP contribution in [0.4, 0.5) is 10.5 Å². The average Bonchev–Trinajstić information content (AvgIpc) is 4.22. The maximum Gasteiger partial charge on any atom is 0.410 e. The van der Waals surface area contributed by atoms with Gasteiger partial charge in [0.15, 0.2) is 0 Å². The summed E-state index contributed by atoms with van der Waals surface area (Å²) in [6.45, 7) is 17.8. The van der Waals surface area contributed by atoms with Crippen molar-refractivity contribution in [2.24, 2.45) is 41.2 Å². The minimum absolute atomic E-state index is 0.0291. The number of carbonyl (C=O) groups excluding carboxylic acids is 7. The molecule has 0 spiro atoms. The fourth-order valence-electron chi connectivity index (χ4n) is 11.4. The molecule has 0 aromatic heterocycles. The molecule has 10 N–H and O–H groups in total. The van der Waals surface area contributed by atoms with E-state index in [2.05, 4.69) is 47.0 Å². The lowest BCUT2D eigenvalue weighted by atomic mass is 9.68. The Hall–Kier alpha value is -6.13. The van der Waals surface area contributed by atoms with E-state index in [0.717, 1.165) is 49.8 Å². The number of methoxy groups -OCH3 is 1. The van der Waals surface area contributed by atoms with E-state index in [1.165, 1.54) is 17.0 Å². The molecule has 1 saturated heterocycles. The number of aliphatic hydroxyl groups is 1. The molecule has 1 heterocycles. The van der Waals surface area contributed by atoms with Crippen molar-refractivity contribution in [3.8, 4) is 0 Å². The molecule has 2 aromatic rings. The summed E-state index contributed by atoms with van der Waals surface area (Å²) in [5.74, 6) is 3.63. The SMILES string of the molecule is C=C(NC(C)[C@@H](O)c1ccccc1)C(C)C(OC)C1CCCN1C(=O)CC(C1CCC1)C(C(C)CC)N(C)C(=O)CNC(=O)[C@H](CC)N(C)C(=O)OCc1ccc(NC(=O)CNC(=O)C(NC(=O)CCCN(N)/C(CCl)=C(\N)CCl)C(C)C)cc1. The molecule has 10 atom stereocenters. The number of likely N-dealkylation sites (tertiary alicyclic amines) is 1. The van der Waals surface area contributed by atoms with Crippen molar-refractivity contribution < 1.29 is 48.1 Å². The lowest BCUT2D eigenvalue weighted by Crippen LogP contribution is -2.54. The number of ether oxygens (including phenoxy) is 2. The summed E-state index contributed by atoms with van der Waals surface area (Å²) < 4.78 is 11.7. The van der Waals surface area contributed by atoms with Crippen molar-refractivity contribution >= 4 is 70.4 Å². The normalized spacial score (nSPS) is 17.7. The molecule has 0 radical (unpaired) electrons. The number of nitrogens with zero attached hydrogens (tertiary/aromatic N) is 4. The van der Waals surface area contributed by atoms with Gasteiger partial charge in [0.25, 0.3) is 0 Å². The molecule has 85 heavy (non-hydrogen) atoms. The Morgan fingerprint density at radius 2 is 1.49 bits per heavy atom. The van der Waals surface area contributed by atoms with Gasteiger partial charge in [-0.1, -0.05) is 116 Å². The fourth-order valence-corrected chi connectivity index (χ4v) is 11.8. The van der Waals surface area contributed by atoms with E-state index < -0.39 is 42.0 Å². The van der Waals surface area contributed by atoms with Crippen LogP contribution in [-0.2, 0) is 44.8 Å². The van der Waals surface area contributed by atoms with Crippen LogP contribution in [0.5, 0.6) is 0 Å². The van der Waals surface area contributed by atoms with Gasteiger partial charge in [0.05, 0.1) is 54.8 Å². The first kappa shape index (κ1) is 71.4. The molecule has 1 aliphatic heterocycles. The fraction of sp³-hybridized carbons (Fsp3) is 0.629. The Morgan fingerprint density at radius 1 is 0.835 bits per heavy atom. The quantitative estimate of drug-likeness (QED) is 0.0208. The van der Waals surface area contributed by atoms with Gasteiger partial charge in [-0.15, -0.1) is 23.2 Å². The predicted octanol–water partition coefficient (Wildman–Crippen LogP) is 6.50. The highest BCUT2D eigenvalue weighted by atomic mass is 35.5. The molecule has 2 aliphatic rings. The van der Waals surface area contributed by atoms with Crippen LogP contribution in [0.1, 0.15) is 130 Å². The van der Waals surface area contributed by atoms with E-state index >= 15 is 0 Å². The second-order valence-electron chi connectivity index (χ2n) is 23.1. The van der Waals surface area contributed by atoms with Crippen molar-refractivity contribution in [3.63, 3.8) is 0 Å². The smallest absolute Gasteiger partial charge is 0.410 e. The minimum Gasteiger partial charge on any atom is -0.445 e. The standard InChI is InChI=1S/C62H97Cl2N11O10/c1-12-39(5)57(47(44-22-17-23-44)32-54(78)74-30-18-24-50(74)59(84-11)40(6)41(7)69-42(8)58(80)45-20-15-14-16-21-45)73(10)55(79)36-68-60(81)49(13-2)72(9)62(83)85-37-43-26-28-46(29-27-43)70-53(77)35-67-61(82)56(38(3)4)71-52(76)25-19-31-75(66)51(34-64)48(65)33-63/h14-16,20-21,26-29,38-40,42,44,47,49-50,56-59,69,80H,7,12-13,17-19,22-25,30-37,65-66H2,1-6,8-11H3,(H,67,82)(H,68,81)(H,70,77)(H,71,76)/b51-48-/t39?,40?,42?,47?,49-,50?,56?,57?,58+,59?/m0/s1. The monoisotopic (exact) mass is 1230 g/mol. The van der Waals surface area contributed by atoms with Gasteiger partial charge in [0, 0.05) is 76.2 Å². The van der Waals surface area contributed by atoms with E-state index in [1.54, 1.807) is 64.1 Å². The van der Waals surface area contributed by atoms with Gasteiger partial charge in [-0.3, -0.25) is 33.7 Å². The van der Waals surface area contributed by atoms with Crippen LogP contribution in [0.3, 0.4) is 0 Å². The van der Waals surface area contributed by atoms with Crippen molar-refractivity contribution in [2.75, 3.05) is 64.5 Å². The third-order valence-electron chi connectivity index (χ3n) is 17.0. The Bertz CT molecular complexity index is 2540. The largest absolute Gasteiger partial charge is 0.445 e. The Balaban J connectivity index is 1.27. The number of hydrogen-bond acceptors (Lipinski definition) is 14. The number of aliphatic hydroxyl groups excluding tert-OH is 1. The number of alkyl halides is 2. The number of hydrogen-bond donors (Lipinski definition) is 8. The van der Waals surface area contributed by atoms with Crippen molar-refractivity contribution in [1.29, 1.82) is 0 Å². The molecule has 1 saturated carbocycles. The molecule has 2 aromatic carbocycles. The van der Waals surface area contributed by atoms with Gasteiger partial charge in [-0.2, -0.15) is 0 Å². The zero-order valence-corrected chi connectivity index (χ0v) is 53.2. The number of allylic oxidation sites excluding steroid dienone is 2. The molecule has 8 unspecified atom stereocenters. The van der Waals surface area contributed by atoms with Crippen molar-refractivity contribution in [3.05, 3.63) is 89.4 Å². The highest BCUT2D eigenvalue weighted by molar-refractivity contribution is 6.21. The van der Waals surface area contributed by atoms with Gasteiger partial charge in [0.2, 0.25) is 35.4 Å². The molecule has 23 heteroatoms. The molecule has 474 valence electrons. The van der Waals surface area contributed by atoms with Gasteiger partial charge in [-0.05, 0) is 79.5 Å². The van der Waals surface area contributed by atoms with Crippen LogP contribution in [-0.4, -0.2) is 162 Å². The number of rotatable bonds is 35. The zero-order chi connectivity index (χ0) is 63.1. The molecule has 21 nitrogen and oxygen atoms in total.